The Bertz CT molecular complexity index is 990. The quantitative estimate of drug-likeness (QED) is 0.671. The van der Waals surface area contributed by atoms with E-state index >= 15 is 0 Å². The van der Waals surface area contributed by atoms with Gasteiger partial charge in [-0.2, -0.15) is 5.10 Å². The van der Waals surface area contributed by atoms with Gasteiger partial charge in [-0.15, -0.1) is 0 Å². The molecule has 4 rings (SSSR count). The monoisotopic (exact) mass is 381 g/mol. The van der Waals surface area contributed by atoms with Crippen LogP contribution in [0.2, 0.25) is 0 Å². The van der Waals surface area contributed by atoms with Gasteiger partial charge in [0.2, 0.25) is 0 Å². The van der Waals surface area contributed by atoms with Crippen molar-refractivity contribution >= 4 is 11.7 Å². The van der Waals surface area contributed by atoms with Crippen molar-refractivity contribution in [3.8, 4) is 11.1 Å². The second-order valence-corrected chi connectivity index (χ2v) is 8.47. The van der Waals surface area contributed by atoms with Gasteiger partial charge in [0.1, 0.15) is 11.2 Å². The van der Waals surface area contributed by atoms with Crippen LogP contribution in [0.15, 0.2) is 37.1 Å². The standard InChI is InChI=1S/C21H27N5O2/c1-15-13-25-10-7-22-19(25)11-18(15)16-12-23-26(14-16)17-5-8-24(9-6-17)20(27)28-21(2,3)4/h7,10-14,17H,5-6,8-9H2,1-4H3. The first-order chi connectivity index (χ1) is 13.3. The van der Waals surface area contributed by atoms with Crippen molar-refractivity contribution in [3.05, 3.63) is 42.6 Å². The van der Waals surface area contributed by atoms with Crippen molar-refractivity contribution in [3.63, 3.8) is 0 Å². The molecule has 4 heterocycles. The SMILES string of the molecule is Cc1cn2ccnc2cc1-c1cnn(C2CCN(C(=O)OC(C)(C)C)CC2)c1. The number of aryl methyl sites for hydroxylation is 1. The highest BCUT2D eigenvalue weighted by Crippen LogP contribution is 2.28. The summed E-state index contributed by atoms with van der Waals surface area (Å²) in [5, 5.41) is 4.61. The largest absolute Gasteiger partial charge is 0.444 e. The summed E-state index contributed by atoms with van der Waals surface area (Å²) in [5.41, 5.74) is 3.90. The summed E-state index contributed by atoms with van der Waals surface area (Å²) in [6, 6.07) is 2.39. The molecule has 1 fully saturated rings. The molecule has 148 valence electrons. The Kier molecular flexibility index (Phi) is 4.61. The number of carbonyl (C=O) groups is 1. The first-order valence-electron chi connectivity index (χ1n) is 9.76. The minimum absolute atomic E-state index is 0.226. The van der Waals surface area contributed by atoms with Gasteiger partial charge < -0.3 is 14.0 Å². The van der Waals surface area contributed by atoms with Crippen molar-refractivity contribution in [1.82, 2.24) is 24.1 Å². The predicted molar refractivity (Wildman–Crippen MR) is 107 cm³/mol. The minimum Gasteiger partial charge on any atom is -0.444 e. The van der Waals surface area contributed by atoms with Crippen molar-refractivity contribution in [1.29, 1.82) is 0 Å². The fourth-order valence-corrected chi connectivity index (χ4v) is 3.69. The van der Waals surface area contributed by atoms with Gasteiger partial charge in [0, 0.05) is 43.4 Å². The molecule has 0 aromatic carbocycles. The third-order valence-electron chi connectivity index (χ3n) is 5.13. The normalized spacial score (nSPS) is 15.9. The molecule has 0 unspecified atom stereocenters. The third kappa shape index (κ3) is 3.74. The average molecular weight is 381 g/mol. The maximum atomic E-state index is 12.2. The van der Waals surface area contributed by atoms with Crippen molar-refractivity contribution in [2.75, 3.05) is 13.1 Å². The first-order valence-corrected chi connectivity index (χ1v) is 9.76. The molecule has 1 aliphatic rings. The van der Waals surface area contributed by atoms with Gasteiger partial charge in [0.05, 0.1) is 12.2 Å². The molecule has 1 amide bonds. The average Bonchev–Trinajstić information content (AvgIpc) is 3.28. The summed E-state index contributed by atoms with van der Waals surface area (Å²) < 4.78 is 9.54. The number of amides is 1. The van der Waals surface area contributed by atoms with E-state index in [-0.39, 0.29) is 6.09 Å². The topological polar surface area (TPSA) is 64.7 Å². The summed E-state index contributed by atoms with van der Waals surface area (Å²) in [7, 11) is 0. The van der Waals surface area contributed by atoms with E-state index in [4.69, 9.17) is 4.74 Å². The zero-order valence-corrected chi connectivity index (χ0v) is 16.9. The molecule has 3 aromatic rings. The lowest BCUT2D eigenvalue weighted by atomic mass is 10.0. The van der Waals surface area contributed by atoms with Crippen LogP contribution in [0.3, 0.4) is 0 Å². The first kappa shape index (κ1) is 18.5. The third-order valence-corrected chi connectivity index (χ3v) is 5.13. The van der Waals surface area contributed by atoms with Crippen LogP contribution >= 0.6 is 0 Å². The van der Waals surface area contributed by atoms with Gasteiger partial charge in [0.25, 0.3) is 0 Å². The number of carbonyl (C=O) groups excluding carboxylic acids is 1. The summed E-state index contributed by atoms with van der Waals surface area (Å²) in [6.07, 6.45) is 11.4. The zero-order valence-electron chi connectivity index (χ0n) is 16.9. The molecule has 3 aromatic heterocycles. The van der Waals surface area contributed by atoms with E-state index in [1.165, 1.54) is 5.56 Å². The molecular weight excluding hydrogens is 354 g/mol. The van der Waals surface area contributed by atoms with Gasteiger partial charge in [-0.1, -0.05) is 0 Å². The lowest BCUT2D eigenvalue weighted by Gasteiger charge is -2.33. The van der Waals surface area contributed by atoms with Gasteiger partial charge in [-0.3, -0.25) is 4.68 Å². The lowest BCUT2D eigenvalue weighted by Crippen LogP contribution is -2.42. The number of rotatable bonds is 2. The van der Waals surface area contributed by atoms with E-state index in [1.54, 1.807) is 11.1 Å². The van der Waals surface area contributed by atoms with Crippen molar-refractivity contribution in [2.24, 2.45) is 0 Å². The van der Waals surface area contributed by atoms with Crippen molar-refractivity contribution < 1.29 is 9.53 Å². The molecule has 0 aliphatic carbocycles. The number of likely N-dealkylation sites (tertiary alicyclic amines) is 1. The Morgan fingerprint density at radius 3 is 2.68 bits per heavy atom. The fraction of sp³-hybridized carbons (Fsp3) is 0.476. The van der Waals surface area contributed by atoms with Gasteiger partial charge >= 0.3 is 6.09 Å². The number of imidazole rings is 1. The smallest absolute Gasteiger partial charge is 0.410 e. The Morgan fingerprint density at radius 2 is 1.96 bits per heavy atom. The van der Waals surface area contributed by atoms with Gasteiger partial charge in [-0.25, -0.2) is 9.78 Å². The van der Waals surface area contributed by atoms with Crippen LogP contribution in [0, 0.1) is 6.92 Å². The Hall–Kier alpha value is -2.83. The maximum absolute atomic E-state index is 12.2. The van der Waals surface area contributed by atoms with Crippen LogP contribution in [0.4, 0.5) is 4.79 Å². The lowest BCUT2D eigenvalue weighted by molar-refractivity contribution is 0.0185. The molecule has 7 heteroatoms. The molecule has 1 saturated heterocycles. The number of hydrogen-bond donors (Lipinski definition) is 0. The Morgan fingerprint density at radius 1 is 1.21 bits per heavy atom. The van der Waals surface area contributed by atoms with Crippen molar-refractivity contribution in [2.45, 2.75) is 52.2 Å². The van der Waals surface area contributed by atoms with E-state index < -0.39 is 5.60 Å². The molecule has 0 spiro atoms. The van der Waals surface area contributed by atoms with Crippen LogP contribution in [-0.4, -0.2) is 48.8 Å². The number of hydrogen-bond acceptors (Lipinski definition) is 4. The molecule has 1 aliphatic heterocycles. The van der Waals surface area contributed by atoms with Crippen LogP contribution < -0.4 is 0 Å². The number of fused-ring (bicyclic) bond motifs is 1. The van der Waals surface area contributed by atoms with Crippen LogP contribution in [0.5, 0.6) is 0 Å². The Labute approximate surface area is 164 Å². The van der Waals surface area contributed by atoms with Gasteiger partial charge in [-0.05, 0) is 57.7 Å². The van der Waals surface area contributed by atoms with Gasteiger partial charge in [0.15, 0.2) is 0 Å². The Balaban J connectivity index is 1.45. The summed E-state index contributed by atoms with van der Waals surface area (Å²) in [6.45, 7) is 9.16. The number of nitrogens with zero attached hydrogens (tertiary/aromatic N) is 5. The molecule has 0 bridgehead atoms. The molecule has 0 N–H and O–H groups in total. The second-order valence-electron chi connectivity index (χ2n) is 8.47. The molecule has 28 heavy (non-hydrogen) atoms. The minimum atomic E-state index is -0.460. The van der Waals surface area contributed by atoms with E-state index in [1.807, 2.05) is 42.2 Å². The highest BCUT2D eigenvalue weighted by molar-refractivity contribution is 5.70. The van der Waals surface area contributed by atoms with Crippen LogP contribution in [0.25, 0.3) is 16.8 Å². The molecule has 0 atom stereocenters. The number of piperidine rings is 1. The molecule has 0 saturated carbocycles. The van der Waals surface area contributed by atoms with E-state index in [9.17, 15) is 4.79 Å². The summed E-state index contributed by atoms with van der Waals surface area (Å²) in [5.74, 6) is 0. The van der Waals surface area contributed by atoms with E-state index in [0.717, 1.165) is 29.6 Å². The van der Waals surface area contributed by atoms with Crippen LogP contribution in [-0.2, 0) is 4.74 Å². The van der Waals surface area contributed by atoms with E-state index in [0.29, 0.717) is 19.1 Å². The predicted octanol–water partition coefficient (Wildman–Crippen LogP) is 4.08. The number of ether oxygens (including phenoxy) is 1. The molecule has 7 nitrogen and oxygen atoms in total. The molecule has 0 radical (unpaired) electrons. The zero-order chi connectivity index (χ0) is 19.9. The maximum Gasteiger partial charge on any atom is 0.410 e. The summed E-state index contributed by atoms with van der Waals surface area (Å²) in [4.78, 5) is 18.4. The fourth-order valence-electron chi connectivity index (χ4n) is 3.69. The number of pyridine rings is 1. The molecular formula is C21H27N5O2. The highest BCUT2D eigenvalue weighted by atomic mass is 16.6. The summed E-state index contributed by atoms with van der Waals surface area (Å²) >= 11 is 0. The highest BCUT2D eigenvalue weighted by Gasteiger charge is 2.28. The number of aromatic nitrogens is 4. The van der Waals surface area contributed by atoms with Crippen LogP contribution in [0.1, 0.15) is 45.2 Å². The second kappa shape index (κ2) is 6.96. The van der Waals surface area contributed by atoms with E-state index in [2.05, 4.69) is 35.5 Å².